The lowest BCUT2D eigenvalue weighted by molar-refractivity contribution is 0.0686. The van der Waals surface area contributed by atoms with E-state index in [1.807, 2.05) is 0 Å². The molecule has 3 unspecified atom stereocenters. The van der Waals surface area contributed by atoms with Crippen molar-refractivity contribution < 1.29 is 4.74 Å². The molecule has 0 aliphatic carbocycles. The van der Waals surface area contributed by atoms with Gasteiger partial charge >= 0.3 is 0 Å². The maximum Gasteiger partial charge on any atom is 0.0752 e. The number of hydrogen-bond donors (Lipinski definition) is 1. The second kappa shape index (κ2) is 4.97. The molecule has 1 saturated heterocycles. The van der Waals surface area contributed by atoms with Gasteiger partial charge in [-0.15, -0.1) is 0 Å². The van der Waals surface area contributed by atoms with Crippen LogP contribution in [-0.2, 0) is 4.74 Å². The Hall–Kier alpha value is -0.0800. The van der Waals surface area contributed by atoms with E-state index in [0.29, 0.717) is 12.0 Å². The predicted molar refractivity (Wildman–Crippen MR) is 55.6 cm³/mol. The van der Waals surface area contributed by atoms with Gasteiger partial charge in [0.1, 0.15) is 0 Å². The smallest absolute Gasteiger partial charge is 0.0752 e. The summed E-state index contributed by atoms with van der Waals surface area (Å²) in [6.45, 7) is 7.63. The molecule has 0 saturated carbocycles. The molecule has 1 heterocycles. The van der Waals surface area contributed by atoms with E-state index < -0.39 is 0 Å². The predicted octanol–water partition coefficient (Wildman–Crippen LogP) is 2.17. The lowest BCUT2D eigenvalue weighted by atomic mass is 9.93. The molecule has 0 aromatic heterocycles. The molecule has 0 aromatic carbocycles. The molecule has 1 rings (SSSR count). The Labute approximate surface area is 81.8 Å². The molecule has 3 atom stereocenters. The van der Waals surface area contributed by atoms with Gasteiger partial charge in [-0.3, -0.25) is 0 Å². The standard InChI is InChI=1S/C11H23NO/c1-8(2)4-5-10(12)11-9(3)6-7-13-11/h8-11H,4-7,12H2,1-3H3. The van der Waals surface area contributed by atoms with Crippen LogP contribution in [0.25, 0.3) is 0 Å². The molecular formula is C11H23NO. The first-order valence-electron chi connectivity index (χ1n) is 5.48. The average Bonchev–Trinajstić information content (AvgIpc) is 2.47. The summed E-state index contributed by atoms with van der Waals surface area (Å²) in [6, 6.07) is 0.250. The quantitative estimate of drug-likeness (QED) is 0.728. The Morgan fingerprint density at radius 3 is 2.54 bits per heavy atom. The summed E-state index contributed by atoms with van der Waals surface area (Å²) in [5, 5.41) is 0. The Morgan fingerprint density at radius 2 is 2.08 bits per heavy atom. The van der Waals surface area contributed by atoms with Crippen molar-refractivity contribution in [3.8, 4) is 0 Å². The largest absolute Gasteiger partial charge is 0.376 e. The van der Waals surface area contributed by atoms with Crippen LogP contribution >= 0.6 is 0 Å². The Balaban J connectivity index is 2.25. The van der Waals surface area contributed by atoms with Crippen LogP contribution in [0.15, 0.2) is 0 Å². The summed E-state index contributed by atoms with van der Waals surface area (Å²) in [5.74, 6) is 1.41. The first-order chi connectivity index (χ1) is 6.11. The fourth-order valence-electron chi connectivity index (χ4n) is 1.95. The number of hydrogen-bond acceptors (Lipinski definition) is 2. The third-order valence-electron chi connectivity index (χ3n) is 2.94. The van der Waals surface area contributed by atoms with Crippen LogP contribution in [0.1, 0.15) is 40.0 Å². The molecule has 78 valence electrons. The minimum atomic E-state index is 0.250. The van der Waals surface area contributed by atoms with Gasteiger partial charge in [0.25, 0.3) is 0 Å². The van der Waals surface area contributed by atoms with Gasteiger partial charge in [0, 0.05) is 12.6 Å². The van der Waals surface area contributed by atoms with Gasteiger partial charge in [0.05, 0.1) is 6.10 Å². The van der Waals surface area contributed by atoms with E-state index in [1.165, 1.54) is 12.8 Å². The fraction of sp³-hybridized carbons (Fsp3) is 1.00. The summed E-state index contributed by atoms with van der Waals surface area (Å²) in [7, 11) is 0. The van der Waals surface area contributed by atoms with Crippen LogP contribution in [0.4, 0.5) is 0 Å². The van der Waals surface area contributed by atoms with Gasteiger partial charge < -0.3 is 10.5 Å². The Morgan fingerprint density at radius 1 is 1.38 bits per heavy atom. The first kappa shape index (κ1) is 11.0. The van der Waals surface area contributed by atoms with Gasteiger partial charge in [0.15, 0.2) is 0 Å². The summed E-state index contributed by atoms with van der Waals surface area (Å²) in [5.41, 5.74) is 6.09. The van der Waals surface area contributed by atoms with Crippen LogP contribution in [0.5, 0.6) is 0 Å². The van der Waals surface area contributed by atoms with E-state index in [9.17, 15) is 0 Å². The van der Waals surface area contributed by atoms with Crippen LogP contribution in [0, 0.1) is 11.8 Å². The van der Waals surface area contributed by atoms with Crippen molar-refractivity contribution in [3.05, 3.63) is 0 Å². The first-order valence-corrected chi connectivity index (χ1v) is 5.48. The van der Waals surface area contributed by atoms with Crippen LogP contribution in [0.2, 0.25) is 0 Å². The van der Waals surface area contributed by atoms with Crippen molar-refractivity contribution in [2.75, 3.05) is 6.61 Å². The van der Waals surface area contributed by atoms with Crippen molar-refractivity contribution >= 4 is 0 Å². The average molecular weight is 185 g/mol. The van der Waals surface area contributed by atoms with Gasteiger partial charge in [-0.1, -0.05) is 20.8 Å². The summed E-state index contributed by atoms with van der Waals surface area (Å²) < 4.78 is 5.63. The van der Waals surface area contributed by atoms with Crippen LogP contribution in [0.3, 0.4) is 0 Å². The minimum absolute atomic E-state index is 0.250. The molecule has 2 nitrogen and oxygen atoms in total. The van der Waals surface area contributed by atoms with Crippen LogP contribution < -0.4 is 5.73 Å². The lowest BCUT2D eigenvalue weighted by Crippen LogP contribution is -2.37. The molecule has 0 bridgehead atoms. The maximum atomic E-state index is 6.09. The van der Waals surface area contributed by atoms with Crippen molar-refractivity contribution in [3.63, 3.8) is 0 Å². The van der Waals surface area contributed by atoms with Crippen molar-refractivity contribution in [1.29, 1.82) is 0 Å². The third-order valence-corrected chi connectivity index (χ3v) is 2.94. The lowest BCUT2D eigenvalue weighted by Gasteiger charge is -2.22. The van der Waals surface area contributed by atoms with Crippen LogP contribution in [-0.4, -0.2) is 18.8 Å². The SMILES string of the molecule is CC(C)CCC(N)C1OCCC1C. The molecule has 1 aliphatic heterocycles. The molecule has 13 heavy (non-hydrogen) atoms. The third kappa shape index (κ3) is 3.28. The van der Waals surface area contributed by atoms with E-state index in [2.05, 4.69) is 20.8 Å². The highest BCUT2D eigenvalue weighted by Crippen LogP contribution is 2.24. The zero-order valence-electron chi connectivity index (χ0n) is 9.12. The molecule has 0 spiro atoms. The maximum absolute atomic E-state index is 6.09. The van der Waals surface area contributed by atoms with E-state index in [-0.39, 0.29) is 6.04 Å². The molecule has 2 N–H and O–H groups in total. The second-order valence-corrected chi connectivity index (χ2v) is 4.74. The Kier molecular flexibility index (Phi) is 4.20. The summed E-state index contributed by atoms with van der Waals surface area (Å²) in [6.07, 6.45) is 3.82. The van der Waals surface area contributed by atoms with E-state index in [1.54, 1.807) is 0 Å². The molecule has 0 amide bonds. The number of ether oxygens (including phenoxy) is 1. The summed E-state index contributed by atoms with van der Waals surface area (Å²) in [4.78, 5) is 0. The van der Waals surface area contributed by atoms with Gasteiger partial charge in [-0.05, 0) is 31.1 Å². The Bertz CT molecular complexity index is 147. The summed E-state index contributed by atoms with van der Waals surface area (Å²) >= 11 is 0. The number of nitrogens with two attached hydrogens (primary N) is 1. The monoisotopic (exact) mass is 185 g/mol. The zero-order valence-corrected chi connectivity index (χ0v) is 9.12. The van der Waals surface area contributed by atoms with Gasteiger partial charge in [0.2, 0.25) is 0 Å². The van der Waals surface area contributed by atoms with Crippen molar-refractivity contribution in [1.82, 2.24) is 0 Å². The molecule has 0 aromatic rings. The highest BCUT2D eigenvalue weighted by atomic mass is 16.5. The molecule has 1 aliphatic rings. The van der Waals surface area contributed by atoms with E-state index >= 15 is 0 Å². The highest BCUT2D eigenvalue weighted by molar-refractivity contribution is 4.82. The van der Waals surface area contributed by atoms with E-state index in [0.717, 1.165) is 18.9 Å². The van der Waals surface area contributed by atoms with Crippen molar-refractivity contribution in [2.45, 2.75) is 52.2 Å². The minimum Gasteiger partial charge on any atom is -0.376 e. The highest BCUT2D eigenvalue weighted by Gasteiger charge is 2.29. The van der Waals surface area contributed by atoms with Crippen molar-refractivity contribution in [2.24, 2.45) is 17.6 Å². The molecule has 0 radical (unpaired) electrons. The van der Waals surface area contributed by atoms with Gasteiger partial charge in [-0.25, -0.2) is 0 Å². The topological polar surface area (TPSA) is 35.2 Å². The molecule has 1 fully saturated rings. The number of rotatable bonds is 4. The van der Waals surface area contributed by atoms with Gasteiger partial charge in [-0.2, -0.15) is 0 Å². The fourth-order valence-corrected chi connectivity index (χ4v) is 1.95. The second-order valence-electron chi connectivity index (χ2n) is 4.74. The van der Waals surface area contributed by atoms with E-state index in [4.69, 9.17) is 10.5 Å². The molecular weight excluding hydrogens is 162 g/mol. The normalized spacial score (nSPS) is 31.2. The zero-order chi connectivity index (χ0) is 9.84. The molecule has 2 heteroatoms.